The number of carbonyl (C=O) groups excluding carboxylic acids is 1. The molecule has 2 aliphatic rings. The molecule has 8 nitrogen and oxygen atoms in total. The summed E-state index contributed by atoms with van der Waals surface area (Å²) in [5.41, 5.74) is 9.62. The maximum absolute atomic E-state index is 11.4. The minimum absolute atomic E-state index is 0.0556. The van der Waals surface area contributed by atoms with Crippen molar-refractivity contribution in [2.75, 3.05) is 17.3 Å². The summed E-state index contributed by atoms with van der Waals surface area (Å²) in [5, 5.41) is 13.7. The van der Waals surface area contributed by atoms with E-state index in [1.165, 1.54) is 11.8 Å². The Kier molecular flexibility index (Phi) is 3.01. The highest BCUT2D eigenvalue weighted by Crippen LogP contribution is 2.33. The predicted octanol–water partition coefficient (Wildman–Crippen LogP) is -0.00130. The summed E-state index contributed by atoms with van der Waals surface area (Å²) in [6.45, 7) is 0.599. The molecule has 1 aromatic heterocycles. The summed E-state index contributed by atoms with van der Waals surface area (Å²) in [7, 11) is 0. The maximum atomic E-state index is 11.4. The third-order valence-corrected chi connectivity index (χ3v) is 4.19. The number of nitrogens with one attached hydrogen (secondary N) is 2. The molecule has 9 heteroatoms. The quantitative estimate of drug-likeness (QED) is 0.719. The van der Waals surface area contributed by atoms with E-state index in [4.69, 9.17) is 4.74 Å². The molecule has 0 saturated carbocycles. The first-order valence-corrected chi connectivity index (χ1v) is 7.57. The van der Waals surface area contributed by atoms with E-state index in [0.29, 0.717) is 18.0 Å². The molecule has 0 fully saturated rings. The summed E-state index contributed by atoms with van der Waals surface area (Å²) in [5.74, 6) is 1.29. The van der Waals surface area contributed by atoms with Crippen LogP contribution in [0, 0.1) is 0 Å². The highest BCUT2D eigenvalue weighted by molar-refractivity contribution is 8.02. The van der Waals surface area contributed by atoms with Crippen LogP contribution in [0.4, 0.5) is 5.69 Å². The molecule has 0 bridgehead atoms. The molecule has 0 radical (unpaired) electrons. The van der Waals surface area contributed by atoms with E-state index in [9.17, 15) is 4.79 Å². The van der Waals surface area contributed by atoms with Crippen molar-refractivity contribution in [1.29, 1.82) is 0 Å². The van der Waals surface area contributed by atoms with Crippen LogP contribution in [0.1, 0.15) is 11.4 Å². The monoisotopic (exact) mass is 317 g/mol. The van der Waals surface area contributed by atoms with Crippen molar-refractivity contribution in [3.8, 4) is 5.75 Å². The molecule has 22 heavy (non-hydrogen) atoms. The molecule has 2 aromatic rings. The summed E-state index contributed by atoms with van der Waals surface area (Å²) in [4.78, 5) is 11.4. The van der Waals surface area contributed by atoms with Crippen LogP contribution in [0.5, 0.6) is 5.75 Å². The Labute approximate surface area is 129 Å². The first kappa shape index (κ1) is 13.2. The minimum atomic E-state index is -0.148. The summed E-state index contributed by atoms with van der Waals surface area (Å²) < 4.78 is 7.19. The lowest BCUT2D eigenvalue weighted by molar-refractivity contribution is -0.388. The fourth-order valence-electron chi connectivity index (χ4n) is 2.29. The second-order valence-corrected chi connectivity index (χ2v) is 5.63. The van der Waals surface area contributed by atoms with Gasteiger partial charge in [-0.05, 0) is 18.2 Å². The molecular weight excluding hydrogens is 304 g/mol. The van der Waals surface area contributed by atoms with E-state index in [-0.39, 0.29) is 12.5 Å². The number of anilines is 1. The Morgan fingerprint density at radius 2 is 2.32 bits per heavy atom. The first-order chi connectivity index (χ1) is 10.7. The van der Waals surface area contributed by atoms with E-state index < -0.39 is 0 Å². The van der Waals surface area contributed by atoms with Gasteiger partial charge in [0.15, 0.2) is 6.61 Å². The lowest BCUT2D eigenvalue weighted by Crippen LogP contribution is -2.49. The average molecular weight is 317 g/mol. The fourth-order valence-corrected chi connectivity index (χ4v) is 3.05. The molecule has 0 spiro atoms. The van der Waals surface area contributed by atoms with Gasteiger partial charge in [0.05, 0.1) is 11.4 Å². The number of rotatable bonds is 2. The zero-order chi connectivity index (χ0) is 15.1. The Hall–Kier alpha value is -2.52. The topological polar surface area (TPSA) is 109 Å². The SMILES string of the molecule is [NH3+]Cc1nnc2n1NC(c1ccc3c(c1)NC(=O)CO3)=CS2. The van der Waals surface area contributed by atoms with Gasteiger partial charge in [0, 0.05) is 11.0 Å². The van der Waals surface area contributed by atoms with Crippen LogP contribution in [0.3, 0.4) is 0 Å². The molecule has 0 unspecified atom stereocenters. The molecule has 1 aromatic carbocycles. The van der Waals surface area contributed by atoms with Crippen molar-refractivity contribution < 1.29 is 15.3 Å². The van der Waals surface area contributed by atoms with Crippen molar-refractivity contribution in [3.63, 3.8) is 0 Å². The first-order valence-electron chi connectivity index (χ1n) is 6.69. The molecule has 2 aliphatic heterocycles. The molecule has 3 heterocycles. The minimum Gasteiger partial charge on any atom is -0.482 e. The summed E-state index contributed by atoms with van der Waals surface area (Å²) >= 11 is 1.48. The Bertz CT molecular complexity index is 800. The number of quaternary nitrogens is 1. The van der Waals surface area contributed by atoms with Crippen molar-refractivity contribution >= 4 is 29.1 Å². The number of amides is 1. The van der Waals surface area contributed by atoms with Gasteiger partial charge >= 0.3 is 0 Å². The number of hydrogen-bond donors (Lipinski definition) is 3. The summed E-state index contributed by atoms with van der Waals surface area (Å²) in [6.07, 6.45) is 0. The summed E-state index contributed by atoms with van der Waals surface area (Å²) in [6, 6.07) is 5.67. The Morgan fingerprint density at radius 3 is 3.18 bits per heavy atom. The van der Waals surface area contributed by atoms with Crippen LogP contribution in [-0.4, -0.2) is 27.4 Å². The van der Waals surface area contributed by atoms with Crippen LogP contribution in [0.15, 0.2) is 28.8 Å². The lowest BCUT2D eigenvalue weighted by atomic mass is 10.1. The molecule has 0 atom stereocenters. The van der Waals surface area contributed by atoms with E-state index >= 15 is 0 Å². The number of fused-ring (bicyclic) bond motifs is 2. The van der Waals surface area contributed by atoms with Crippen LogP contribution in [-0.2, 0) is 11.3 Å². The number of benzene rings is 1. The molecule has 1 amide bonds. The highest BCUT2D eigenvalue weighted by atomic mass is 32.2. The Morgan fingerprint density at radius 1 is 1.41 bits per heavy atom. The second kappa shape index (κ2) is 5.04. The second-order valence-electron chi connectivity index (χ2n) is 4.79. The lowest BCUT2D eigenvalue weighted by Gasteiger charge is -2.21. The Balaban J connectivity index is 1.67. The van der Waals surface area contributed by atoms with Gasteiger partial charge in [-0.2, -0.15) is 0 Å². The normalized spacial score (nSPS) is 15.9. The fraction of sp³-hybridized carbons (Fsp3) is 0.154. The number of thioether (sulfide) groups is 1. The van der Waals surface area contributed by atoms with Crippen LogP contribution in [0.2, 0.25) is 0 Å². The molecule has 0 aliphatic carbocycles. The number of ether oxygens (including phenoxy) is 1. The molecule has 0 saturated heterocycles. The number of carbonyl (C=O) groups is 1. The molecular formula is C13H13N6O2S+. The van der Waals surface area contributed by atoms with E-state index in [0.717, 1.165) is 22.2 Å². The van der Waals surface area contributed by atoms with Gasteiger partial charge in [-0.1, -0.05) is 11.8 Å². The number of aromatic nitrogens is 3. The van der Waals surface area contributed by atoms with Gasteiger partial charge in [-0.3, -0.25) is 10.2 Å². The van der Waals surface area contributed by atoms with E-state index in [1.807, 2.05) is 28.3 Å². The molecule has 112 valence electrons. The van der Waals surface area contributed by atoms with Gasteiger partial charge in [0.1, 0.15) is 12.3 Å². The van der Waals surface area contributed by atoms with Gasteiger partial charge < -0.3 is 15.8 Å². The zero-order valence-electron chi connectivity index (χ0n) is 11.5. The average Bonchev–Trinajstić information content (AvgIpc) is 2.96. The van der Waals surface area contributed by atoms with Crippen LogP contribution in [0.25, 0.3) is 5.70 Å². The smallest absolute Gasteiger partial charge is 0.262 e. The van der Waals surface area contributed by atoms with E-state index in [2.05, 4.69) is 26.7 Å². The van der Waals surface area contributed by atoms with Crippen molar-refractivity contribution in [3.05, 3.63) is 35.0 Å². The van der Waals surface area contributed by atoms with Gasteiger partial charge in [-0.25, -0.2) is 4.68 Å². The van der Waals surface area contributed by atoms with Crippen molar-refractivity contribution in [2.45, 2.75) is 11.7 Å². The third-order valence-electron chi connectivity index (χ3n) is 3.36. The highest BCUT2D eigenvalue weighted by Gasteiger charge is 2.21. The van der Waals surface area contributed by atoms with Crippen LogP contribution >= 0.6 is 11.8 Å². The largest absolute Gasteiger partial charge is 0.482 e. The zero-order valence-corrected chi connectivity index (χ0v) is 12.3. The van der Waals surface area contributed by atoms with Gasteiger partial charge in [0.25, 0.3) is 5.91 Å². The van der Waals surface area contributed by atoms with Crippen molar-refractivity contribution in [2.24, 2.45) is 0 Å². The maximum Gasteiger partial charge on any atom is 0.262 e. The van der Waals surface area contributed by atoms with Gasteiger partial charge in [0.2, 0.25) is 11.0 Å². The molecule has 5 N–H and O–H groups in total. The number of hydrogen-bond acceptors (Lipinski definition) is 6. The van der Waals surface area contributed by atoms with Gasteiger partial charge in [-0.15, -0.1) is 10.2 Å². The predicted molar refractivity (Wildman–Crippen MR) is 80.4 cm³/mol. The third kappa shape index (κ3) is 2.11. The van der Waals surface area contributed by atoms with Crippen molar-refractivity contribution in [1.82, 2.24) is 14.9 Å². The number of nitrogens with zero attached hydrogens (tertiary/aromatic N) is 3. The standard InChI is InChI=1S/C13H12N6O2S/c14-4-11-16-17-13-19(11)18-9(6-22-13)7-1-2-10-8(3-7)15-12(20)5-21-10/h1-3,6,18H,4-5,14H2,(H,15,20)/p+1. The van der Waals surface area contributed by atoms with E-state index in [1.54, 1.807) is 0 Å². The molecule has 4 rings (SSSR count). The van der Waals surface area contributed by atoms with Crippen LogP contribution < -0.4 is 21.2 Å².